The van der Waals surface area contributed by atoms with E-state index >= 15 is 0 Å². The van der Waals surface area contributed by atoms with Crippen LogP contribution in [0.15, 0.2) is 35.9 Å². The van der Waals surface area contributed by atoms with E-state index in [1.54, 1.807) is 11.0 Å². The van der Waals surface area contributed by atoms with E-state index in [4.69, 9.17) is 4.74 Å². The zero-order valence-corrected chi connectivity index (χ0v) is 19.8. The molecule has 33 heavy (non-hydrogen) atoms. The standard InChI is InChI=1S/C26H38N2O5/c1-3-5-7-10-15-28(22(30)13-6-4-2)20-17-19(26(32)27-14-16-29)23-18-11-8-9-12-21(18)33-25(23)24(20)31/h8-9,11-12,17,20,23-25,29,31H,3-7,10,13-16H2,1-2H3,(H,27,32)/t20-,23+,24+,25+/m1/s1. The van der Waals surface area contributed by atoms with Crippen LogP contribution in [0.25, 0.3) is 0 Å². The van der Waals surface area contributed by atoms with Crippen molar-refractivity contribution in [1.82, 2.24) is 10.2 Å². The second-order valence-corrected chi connectivity index (χ2v) is 8.93. The number of rotatable bonds is 12. The zero-order valence-electron chi connectivity index (χ0n) is 19.8. The van der Waals surface area contributed by atoms with Crippen LogP contribution in [0, 0.1) is 0 Å². The molecular weight excluding hydrogens is 420 g/mol. The molecule has 0 aromatic heterocycles. The molecule has 0 bridgehead atoms. The molecule has 1 heterocycles. The average molecular weight is 459 g/mol. The lowest BCUT2D eigenvalue weighted by Gasteiger charge is -2.41. The van der Waals surface area contributed by atoms with E-state index in [1.807, 2.05) is 31.2 Å². The van der Waals surface area contributed by atoms with Crippen LogP contribution in [0.5, 0.6) is 5.75 Å². The van der Waals surface area contributed by atoms with Crippen molar-refractivity contribution < 1.29 is 24.5 Å². The summed E-state index contributed by atoms with van der Waals surface area (Å²) in [4.78, 5) is 28.0. The molecule has 1 aromatic rings. The molecule has 182 valence electrons. The summed E-state index contributed by atoms with van der Waals surface area (Å²) >= 11 is 0. The van der Waals surface area contributed by atoms with Crippen molar-refractivity contribution in [3.63, 3.8) is 0 Å². The number of unbranched alkanes of at least 4 members (excludes halogenated alkanes) is 4. The number of nitrogens with zero attached hydrogens (tertiary/aromatic N) is 1. The number of nitrogens with one attached hydrogen (secondary N) is 1. The molecule has 0 saturated heterocycles. The molecule has 0 saturated carbocycles. The van der Waals surface area contributed by atoms with Crippen LogP contribution in [0.2, 0.25) is 0 Å². The Morgan fingerprint density at radius 3 is 2.58 bits per heavy atom. The van der Waals surface area contributed by atoms with Gasteiger partial charge in [-0.25, -0.2) is 0 Å². The third-order valence-corrected chi connectivity index (χ3v) is 6.55. The SMILES string of the molecule is CCCCCCN(C(=O)CCCC)[C@@H]1C=C(C(=O)NCCO)[C@@H]2c3ccccc3O[C@@H]2[C@H]1O. The van der Waals surface area contributed by atoms with Gasteiger partial charge < -0.3 is 25.2 Å². The highest BCUT2D eigenvalue weighted by molar-refractivity contribution is 5.96. The van der Waals surface area contributed by atoms with E-state index in [9.17, 15) is 19.8 Å². The maximum atomic E-state index is 13.2. The van der Waals surface area contributed by atoms with Crippen LogP contribution in [0.1, 0.15) is 70.3 Å². The van der Waals surface area contributed by atoms with E-state index in [-0.39, 0.29) is 25.0 Å². The Balaban J connectivity index is 1.95. The first-order valence-corrected chi connectivity index (χ1v) is 12.4. The summed E-state index contributed by atoms with van der Waals surface area (Å²) < 4.78 is 6.13. The Labute approximate surface area is 196 Å². The first kappa shape index (κ1) is 25.2. The number of fused-ring (bicyclic) bond motifs is 3. The van der Waals surface area contributed by atoms with Crippen LogP contribution in [-0.4, -0.2) is 64.9 Å². The number of benzene rings is 1. The van der Waals surface area contributed by atoms with Crippen molar-refractivity contribution >= 4 is 11.8 Å². The largest absolute Gasteiger partial charge is 0.486 e. The average Bonchev–Trinajstić information content (AvgIpc) is 3.22. The first-order chi connectivity index (χ1) is 16.0. The summed E-state index contributed by atoms with van der Waals surface area (Å²) in [7, 11) is 0. The van der Waals surface area contributed by atoms with Crippen LogP contribution >= 0.6 is 0 Å². The summed E-state index contributed by atoms with van der Waals surface area (Å²) in [6, 6.07) is 6.87. The Morgan fingerprint density at radius 2 is 1.85 bits per heavy atom. The number of hydrogen-bond donors (Lipinski definition) is 3. The molecule has 1 aliphatic carbocycles. The van der Waals surface area contributed by atoms with Gasteiger partial charge in [-0.3, -0.25) is 9.59 Å². The number of para-hydroxylation sites is 1. The molecule has 3 N–H and O–H groups in total. The van der Waals surface area contributed by atoms with Crippen LogP contribution in [0.3, 0.4) is 0 Å². The van der Waals surface area contributed by atoms with Gasteiger partial charge in [0.05, 0.1) is 18.6 Å². The van der Waals surface area contributed by atoms with E-state index in [0.717, 1.165) is 44.1 Å². The molecule has 2 amide bonds. The highest BCUT2D eigenvalue weighted by Gasteiger charge is 2.50. The van der Waals surface area contributed by atoms with Crippen LogP contribution in [-0.2, 0) is 9.59 Å². The Kier molecular flexibility index (Phi) is 9.32. The molecule has 4 atom stereocenters. The van der Waals surface area contributed by atoms with Gasteiger partial charge in [-0.15, -0.1) is 0 Å². The third-order valence-electron chi connectivity index (χ3n) is 6.55. The lowest BCUT2D eigenvalue weighted by atomic mass is 9.77. The van der Waals surface area contributed by atoms with Crippen molar-refractivity contribution in [2.75, 3.05) is 19.7 Å². The molecule has 0 unspecified atom stereocenters. The van der Waals surface area contributed by atoms with Crippen molar-refractivity contribution in [3.8, 4) is 5.75 Å². The minimum Gasteiger partial charge on any atom is -0.486 e. The van der Waals surface area contributed by atoms with E-state index in [2.05, 4.69) is 12.2 Å². The third kappa shape index (κ3) is 5.76. The quantitative estimate of drug-likeness (QED) is 0.418. The Morgan fingerprint density at radius 1 is 1.09 bits per heavy atom. The minimum atomic E-state index is -0.950. The number of aliphatic hydroxyl groups is 2. The zero-order chi connectivity index (χ0) is 23.8. The molecule has 0 radical (unpaired) electrons. The van der Waals surface area contributed by atoms with Crippen molar-refractivity contribution in [1.29, 1.82) is 0 Å². The van der Waals surface area contributed by atoms with Gasteiger partial charge in [-0.2, -0.15) is 0 Å². The highest BCUT2D eigenvalue weighted by Crippen LogP contribution is 2.47. The van der Waals surface area contributed by atoms with E-state index in [1.165, 1.54) is 0 Å². The fraction of sp³-hybridized carbons (Fsp3) is 0.615. The lowest BCUT2D eigenvalue weighted by Crippen LogP contribution is -2.56. The fourth-order valence-corrected chi connectivity index (χ4v) is 4.81. The van der Waals surface area contributed by atoms with Gasteiger partial charge >= 0.3 is 0 Å². The number of carbonyl (C=O) groups is 2. The summed E-state index contributed by atoms with van der Waals surface area (Å²) in [5.74, 6) is -0.0698. The molecule has 0 fully saturated rings. The molecule has 0 spiro atoms. The van der Waals surface area contributed by atoms with Gasteiger partial charge in [0.15, 0.2) is 0 Å². The normalized spacial score (nSPS) is 23.2. The van der Waals surface area contributed by atoms with Gasteiger partial charge in [0.2, 0.25) is 11.8 Å². The summed E-state index contributed by atoms with van der Waals surface area (Å²) in [6.07, 6.45) is 6.33. The number of carbonyl (C=O) groups excluding carboxylic acids is 2. The Bertz CT molecular complexity index is 840. The highest BCUT2D eigenvalue weighted by atomic mass is 16.5. The first-order valence-electron chi connectivity index (χ1n) is 12.4. The molecule has 3 rings (SSSR count). The number of hydrogen-bond acceptors (Lipinski definition) is 5. The second-order valence-electron chi connectivity index (χ2n) is 8.93. The van der Waals surface area contributed by atoms with Crippen molar-refractivity contribution in [3.05, 3.63) is 41.5 Å². The molecule has 7 heteroatoms. The maximum absolute atomic E-state index is 13.2. The predicted octanol–water partition coefficient (Wildman–Crippen LogP) is 2.91. The smallest absolute Gasteiger partial charge is 0.247 e. The summed E-state index contributed by atoms with van der Waals surface area (Å²) in [6.45, 7) is 4.71. The van der Waals surface area contributed by atoms with E-state index in [0.29, 0.717) is 24.3 Å². The fourth-order valence-electron chi connectivity index (χ4n) is 4.81. The number of ether oxygens (including phenoxy) is 1. The second kappa shape index (κ2) is 12.2. The topological polar surface area (TPSA) is 99.1 Å². The molecule has 7 nitrogen and oxygen atoms in total. The van der Waals surface area contributed by atoms with Crippen LogP contribution in [0.4, 0.5) is 0 Å². The molecule has 1 aliphatic heterocycles. The predicted molar refractivity (Wildman–Crippen MR) is 127 cm³/mol. The number of amides is 2. The maximum Gasteiger partial charge on any atom is 0.247 e. The van der Waals surface area contributed by atoms with Gasteiger partial charge in [0.1, 0.15) is 18.0 Å². The lowest BCUT2D eigenvalue weighted by molar-refractivity contribution is -0.137. The van der Waals surface area contributed by atoms with Gasteiger partial charge in [0.25, 0.3) is 0 Å². The van der Waals surface area contributed by atoms with Crippen molar-refractivity contribution in [2.24, 2.45) is 0 Å². The summed E-state index contributed by atoms with van der Waals surface area (Å²) in [5, 5.41) is 23.3. The van der Waals surface area contributed by atoms with Gasteiger partial charge in [0, 0.05) is 30.6 Å². The van der Waals surface area contributed by atoms with Crippen molar-refractivity contribution in [2.45, 2.75) is 83.0 Å². The Hall–Kier alpha value is -2.38. The summed E-state index contributed by atoms with van der Waals surface area (Å²) in [5.41, 5.74) is 1.34. The molecular formula is C26H38N2O5. The number of aliphatic hydroxyl groups excluding tert-OH is 2. The monoisotopic (exact) mass is 458 g/mol. The van der Waals surface area contributed by atoms with Gasteiger partial charge in [-0.1, -0.05) is 57.7 Å². The van der Waals surface area contributed by atoms with Crippen LogP contribution < -0.4 is 10.1 Å². The molecule has 2 aliphatic rings. The molecule has 1 aromatic carbocycles. The van der Waals surface area contributed by atoms with Gasteiger partial charge in [-0.05, 0) is 25.0 Å². The van der Waals surface area contributed by atoms with E-state index < -0.39 is 24.2 Å². The minimum absolute atomic E-state index is 0.00211.